The van der Waals surface area contributed by atoms with Crippen molar-refractivity contribution in [3.8, 4) is 0 Å². The molecule has 0 aliphatic rings. The van der Waals surface area contributed by atoms with Crippen LogP contribution in [0.15, 0.2) is 47.6 Å². The smallest absolute Gasteiger partial charge is 0.303 e. The molecule has 0 fully saturated rings. The average molecular weight is 381 g/mol. The molecule has 1 atom stereocenters. The zero-order valence-electron chi connectivity index (χ0n) is 12.9. The molecule has 2 aromatic carbocycles. The number of carboxylic acids is 1. The summed E-state index contributed by atoms with van der Waals surface area (Å²) in [5.74, 6) is -1.45. The lowest BCUT2D eigenvalue weighted by atomic mass is 10.0. The molecule has 0 saturated heterocycles. The van der Waals surface area contributed by atoms with Crippen molar-refractivity contribution in [3.05, 3.63) is 68.5 Å². The molecule has 1 amide bonds. The summed E-state index contributed by atoms with van der Waals surface area (Å²) in [5.41, 5.74) is 1.22. The maximum Gasteiger partial charge on any atom is 0.303 e. The van der Waals surface area contributed by atoms with Gasteiger partial charge in [-0.3, -0.25) is 9.59 Å². The van der Waals surface area contributed by atoms with E-state index in [9.17, 15) is 14.5 Å². The number of hydrogen-bond donors (Lipinski definition) is 2. The maximum absolute atomic E-state index is 12.3. The standard InChI is InChI=1S/C17H14Cl2N2O4/c18-12-2-1-3-13(19)16(12)17(24)20-11-6-4-10(5-7-11)14(21-25)8-9-15(22)23/h1-7,14H,8-9H2,(H,20,24)(H,22,23). The lowest BCUT2D eigenvalue weighted by Crippen LogP contribution is -2.13. The van der Waals surface area contributed by atoms with Crippen LogP contribution in [-0.2, 0) is 4.79 Å². The second-order valence-electron chi connectivity index (χ2n) is 5.23. The van der Waals surface area contributed by atoms with E-state index in [-0.39, 0.29) is 28.5 Å². The number of nitrogens with one attached hydrogen (secondary N) is 1. The normalized spacial score (nSPS) is 11.6. The van der Waals surface area contributed by atoms with Gasteiger partial charge in [0.25, 0.3) is 5.91 Å². The Morgan fingerprint density at radius 2 is 1.68 bits per heavy atom. The summed E-state index contributed by atoms with van der Waals surface area (Å²) in [6.07, 6.45) is -0.0420. The Morgan fingerprint density at radius 3 is 2.20 bits per heavy atom. The van der Waals surface area contributed by atoms with Gasteiger partial charge in [0.15, 0.2) is 0 Å². The van der Waals surface area contributed by atoms with Crippen molar-refractivity contribution < 1.29 is 14.7 Å². The highest BCUT2D eigenvalue weighted by Crippen LogP contribution is 2.27. The van der Waals surface area contributed by atoms with E-state index < -0.39 is 17.9 Å². The zero-order valence-corrected chi connectivity index (χ0v) is 14.4. The van der Waals surface area contributed by atoms with Crippen molar-refractivity contribution in [3.63, 3.8) is 0 Å². The van der Waals surface area contributed by atoms with Gasteiger partial charge in [0.1, 0.15) is 6.04 Å². The van der Waals surface area contributed by atoms with E-state index in [1.807, 2.05) is 0 Å². The fourth-order valence-corrected chi connectivity index (χ4v) is 2.81. The van der Waals surface area contributed by atoms with Crippen molar-refractivity contribution in [2.75, 3.05) is 5.32 Å². The van der Waals surface area contributed by atoms with Gasteiger partial charge in [0.05, 0.1) is 15.6 Å². The van der Waals surface area contributed by atoms with E-state index in [0.29, 0.717) is 11.3 Å². The number of amides is 1. The summed E-state index contributed by atoms with van der Waals surface area (Å²) in [7, 11) is 0. The van der Waals surface area contributed by atoms with Gasteiger partial charge in [-0.1, -0.05) is 46.6 Å². The SMILES string of the molecule is O=NC(CCC(=O)O)c1ccc(NC(=O)c2c(Cl)cccc2Cl)cc1. The van der Waals surface area contributed by atoms with Crippen molar-refractivity contribution in [2.24, 2.45) is 5.18 Å². The monoisotopic (exact) mass is 380 g/mol. The molecule has 8 heteroatoms. The summed E-state index contributed by atoms with van der Waals surface area (Å²) in [6.45, 7) is 0. The number of nitroso groups, excluding NO2 is 1. The number of carbonyl (C=O) groups excluding carboxylic acids is 1. The van der Waals surface area contributed by atoms with Gasteiger partial charge in [-0.05, 0) is 36.2 Å². The lowest BCUT2D eigenvalue weighted by Gasteiger charge is -2.11. The molecule has 130 valence electrons. The Bertz CT molecular complexity index is 773. The Labute approximate surface area is 153 Å². The number of anilines is 1. The largest absolute Gasteiger partial charge is 0.481 e. The third kappa shape index (κ3) is 5.01. The number of carbonyl (C=O) groups is 2. The molecule has 1 unspecified atom stereocenters. The Hall–Kier alpha value is -2.44. The third-order valence-electron chi connectivity index (χ3n) is 3.50. The fourth-order valence-electron chi connectivity index (χ4n) is 2.24. The molecule has 0 aromatic heterocycles. The summed E-state index contributed by atoms with van der Waals surface area (Å²) < 4.78 is 0. The van der Waals surface area contributed by atoms with E-state index in [2.05, 4.69) is 10.5 Å². The summed E-state index contributed by atoms with van der Waals surface area (Å²) in [5, 5.41) is 14.8. The number of carboxylic acid groups (broad SMARTS) is 1. The number of halogens is 2. The molecule has 0 heterocycles. The molecule has 0 aliphatic heterocycles. The summed E-state index contributed by atoms with van der Waals surface area (Å²) in [6, 6.07) is 10.4. The predicted octanol–water partition coefficient (Wildman–Crippen LogP) is 4.92. The second kappa shape index (κ2) is 8.60. The minimum Gasteiger partial charge on any atom is -0.481 e. The zero-order chi connectivity index (χ0) is 18.4. The fraction of sp³-hybridized carbons (Fsp3) is 0.176. The van der Waals surface area contributed by atoms with Gasteiger partial charge >= 0.3 is 5.97 Å². The van der Waals surface area contributed by atoms with Crippen LogP contribution < -0.4 is 5.32 Å². The molecular formula is C17H14Cl2N2O4. The van der Waals surface area contributed by atoms with Crippen LogP contribution in [0.4, 0.5) is 5.69 Å². The second-order valence-corrected chi connectivity index (χ2v) is 6.04. The Balaban J connectivity index is 2.10. The number of aliphatic carboxylic acids is 1. The minimum atomic E-state index is -0.992. The Morgan fingerprint density at radius 1 is 1.08 bits per heavy atom. The van der Waals surface area contributed by atoms with Crippen LogP contribution in [0.3, 0.4) is 0 Å². The number of nitrogens with zero attached hydrogens (tertiary/aromatic N) is 1. The maximum atomic E-state index is 12.3. The van der Waals surface area contributed by atoms with Gasteiger partial charge in [0, 0.05) is 12.1 Å². The molecule has 2 rings (SSSR count). The highest BCUT2D eigenvalue weighted by molar-refractivity contribution is 6.40. The first kappa shape index (κ1) is 18.9. The molecular weight excluding hydrogens is 367 g/mol. The highest BCUT2D eigenvalue weighted by atomic mass is 35.5. The van der Waals surface area contributed by atoms with Crippen molar-refractivity contribution in [1.82, 2.24) is 0 Å². The molecule has 0 spiro atoms. The molecule has 2 aromatic rings. The number of rotatable bonds is 7. The van der Waals surface area contributed by atoms with E-state index in [4.69, 9.17) is 28.3 Å². The first-order chi connectivity index (χ1) is 11.9. The van der Waals surface area contributed by atoms with Crippen LogP contribution >= 0.6 is 23.2 Å². The molecule has 6 nitrogen and oxygen atoms in total. The van der Waals surface area contributed by atoms with Crippen molar-refractivity contribution in [1.29, 1.82) is 0 Å². The van der Waals surface area contributed by atoms with E-state index in [1.165, 1.54) is 0 Å². The van der Waals surface area contributed by atoms with Crippen LogP contribution in [0.1, 0.15) is 34.8 Å². The van der Waals surface area contributed by atoms with Crippen molar-refractivity contribution in [2.45, 2.75) is 18.9 Å². The summed E-state index contributed by atoms with van der Waals surface area (Å²) >= 11 is 12.0. The van der Waals surface area contributed by atoms with E-state index >= 15 is 0 Å². The minimum absolute atomic E-state index is 0.111. The Kier molecular flexibility index (Phi) is 6.50. The van der Waals surface area contributed by atoms with Crippen LogP contribution in [0.25, 0.3) is 0 Å². The van der Waals surface area contributed by atoms with Crippen LogP contribution in [0, 0.1) is 4.91 Å². The molecule has 0 saturated carbocycles. The van der Waals surface area contributed by atoms with Gasteiger partial charge < -0.3 is 10.4 Å². The quantitative estimate of drug-likeness (QED) is 0.666. The first-order valence-electron chi connectivity index (χ1n) is 7.32. The van der Waals surface area contributed by atoms with Gasteiger partial charge in [-0.25, -0.2) is 0 Å². The van der Waals surface area contributed by atoms with Crippen LogP contribution in [0.5, 0.6) is 0 Å². The number of hydrogen-bond acceptors (Lipinski definition) is 4. The molecule has 25 heavy (non-hydrogen) atoms. The highest BCUT2D eigenvalue weighted by Gasteiger charge is 2.16. The topological polar surface area (TPSA) is 95.8 Å². The average Bonchev–Trinajstić information content (AvgIpc) is 2.56. The third-order valence-corrected chi connectivity index (χ3v) is 4.13. The van der Waals surface area contributed by atoms with Gasteiger partial charge in [0.2, 0.25) is 0 Å². The molecule has 2 N–H and O–H groups in total. The van der Waals surface area contributed by atoms with Gasteiger partial charge in [-0.2, -0.15) is 4.91 Å². The number of benzene rings is 2. The van der Waals surface area contributed by atoms with Crippen LogP contribution in [0.2, 0.25) is 10.0 Å². The summed E-state index contributed by atoms with van der Waals surface area (Å²) in [4.78, 5) is 33.8. The molecule has 0 radical (unpaired) electrons. The van der Waals surface area contributed by atoms with E-state index in [0.717, 1.165) is 0 Å². The van der Waals surface area contributed by atoms with Crippen LogP contribution in [-0.4, -0.2) is 17.0 Å². The van der Waals surface area contributed by atoms with Crippen molar-refractivity contribution >= 4 is 40.8 Å². The first-order valence-corrected chi connectivity index (χ1v) is 8.07. The predicted molar refractivity (Wildman–Crippen MR) is 96.3 cm³/mol. The molecule has 0 aliphatic carbocycles. The molecule has 0 bridgehead atoms. The lowest BCUT2D eigenvalue weighted by molar-refractivity contribution is -0.137. The van der Waals surface area contributed by atoms with Gasteiger partial charge in [-0.15, -0.1) is 0 Å². The van der Waals surface area contributed by atoms with E-state index in [1.54, 1.807) is 42.5 Å².